The van der Waals surface area contributed by atoms with Crippen molar-refractivity contribution in [3.63, 3.8) is 0 Å². The van der Waals surface area contributed by atoms with Crippen molar-refractivity contribution in [3.05, 3.63) is 71.8 Å². The smallest absolute Gasteiger partial charge is 0.257 e. The summed E-state index contributed by atoms with van der Waals surface area (Å²) in [5, 5.41) is 7.94. The van der Waals surface area contributed by atoms with Crippen LogP contribution in [0.1, 0.15) is 44.7 Å². The van der Waals surface area contributed by atoms with Gasteiger partial charge >= 0.3 is 0 Å². The molecule has 7 nitrogen and oxygen atoms in total. The first-order valence-electron chi connectivity index (χ1n) is 11.8. The molecule has 35 heavy (non-hydrogen) atoms. The fourth-order valence-corrected chi connectivity index (χ4v) is 5.06. The van der Waals surface area contributed by atoms with Crippen LogP contribution in [0.2, 0.25) is 0 Å². The van der Waals surface area contributed by atoms with E-state index in [1.165, 1.54) is 14.0 Å². The third-order valence-electron chi connectivity index (χ3n) is 5.36. The van der Waals surface area contributed by atoms with Gasteiger partial charge < -0.3 is 16.0 Å². The molecular formula is C27H35N3O4S. The number of likely N-dealkylation sites (N-methyl/N-ethyl adjacent to an activating group) is 1. The molecule has 0 aliphatic carbocycles. The van der Waals surface area contributed by atoms with E-state index < -0.39 is 16.8 Å². The SMILES string of the molecule is CNC(=O)[C@H](Cc1ccccc1)NC(=O)C(CC(C)C)(NC(=O)CCc1ccccc1)SC(C)=O. The summed E-state index contributed by atoms with van der Waals surface area (Å²) in [7, 11) is 1.50. The molecule has 0 radical (unpaired) electrons. The number of hydrogen-bond donors (Lipinski definition) is 3. The number of aryl methyl sites for hydroxylation is 1. The molecule has 188 valence electrons. The molecule has 0 saturated heterocycles. The van der Waals surface area contributed by atoms with Crippen LogP contribution in [0.25, 0.3) is 0 Å². The Morgan fingerprint density at radius 1 is 0.914 bits per heavy atom. The summed E-state index contributed by atoms with van der Waals surface area (Å²) in [5.41, 5.74) is 1.88. The van der Waals surface area contributed by atoms with Crippen LogP contribution in [0.5, 0.6) is 0 Å². The van der Waals surface area contributed by atoms with Crippen molar-refractivity contribution in [2.24, 2.45) is 5.92 Å². The van der Waals surface area contributed by atoms with Crippen LogP contribution in [0, 0.1) is 5.92 Å². The van der Waals surface area contributed by atoms with Gasteiger partial charge in [-0.15, -0.1) is 0 Å². The second-order valence-corrected chi connectivity index (χ2v) is 10.4. The van der Waals surface area contributed by atoms with Gasteiger partial charge in [-0.3, -0.25) is 19.2 Å². The molecule has 0 aliphatic heterocycles. The zero-order valence-electron chi connectivity index (χ0n) is 20.8. The van der Waals surface area contributed by atoms with E-state index in [0.717, 1.165) is 22.9 Å². The molecule has 3 amide bonds. The number of hydrogen-bond acceptors (Lipinski definition) is 5. The molecule has 2 aromatic carbocycles. The summed E-state index contributed by atoms with van der Waals surface area (Å²) in [6, 6.07) is 18.1. The summed E-state index contributed by atoms with van der Waals surface area (Å²) in [6.07, 6.45) is 1.17. The van der Waals surface area contributed by atoms with Crippen molar-refractivity contribution in [2.45, 2.75) is 57.4 Å². The van der Waals surface area contributed by atoms with E-state index in [2.05, 4.69) is 16.0 Å². The Morgan fingerprint density at radius 2 is 1.49 bits per heavy atom. The number of carbonyl (C=O) groups is 4. The molecule has 0 saturated carbocycles. The molecule has 2 rings (SSSR count). The van der Waals surface area contributed by atoms with Crippen LogP contribution in [0.3, 0.4) is 0 Å². The van der Waals surface area contributed by atoms with Crippen LogP contribution >= 0.6 is 11.8 Å². The van der Waals surface area contributed by atoms with Gasteiger partial charge in [0.05, 0.1) is 0 Å². The molecule has 0 spiro atoms. The lowest BCUT2D eigenvalue weighted by Gasteiger charge is -2.34. The summed E-state index contributed by atoms with van der Waals surface area (Å²) in [5.74, 6) is -1.26. The molecule has 3 N–H and O–H groups in total. The van der Waals surface area contributed by atoms with E-state index in [9.17, 15) is 19.2 Å². The lowest BCUT2D eigenvalue weighted by Crippen LogP contribution is -2.61. The van der Waals surface area contributed by atoms with Gasteiger partial charge in [0.15, 0.2) is 9.99 Å². The van der Waals surface area contributed by atoms with Crippen molar-refractivity contribution in [3.8, 4) is 0 Å². The fraction of sp³-hybridized carbons (Fsp3) is 0.407. The normalized spacial score (nSPS) is 13.4. The lowest BCUT2D eigenvalue weighted by atomic mass is 10.00. The van der Waals surface area contributed by atoms with E-state index in [1.54, 1.807) is 0 Å². The van der Waals surface area contributed by atoms with Gasteiger partial charge in [-0.1, -0.05) is 86.3 Å². The standard InChI is InChI=1S/C27H35N3O4S/c1-19(2)18-27(35-20(3)31,30-24(32)16-15-21-11-7-5-8-12-21)26(34)29-23(25(33)28-4)17-22-13-9-6-10-14-22/h5-14,19,23H,15-18H2,1-4H3,(H,28,33)(H,29,34)(H,30,32)/t23-,27?/m0/s1. The van der Waals surface area contributed by atoms with E-state index in [4.69, 9.17) is 0 Å². The second kappa shape index (κ2) is 13.7. The van der Waals surface area contributed by atoms with Crippen LogP contribution in [0.15, 0.2) is 60.7 Å². The minimum absolute atomic E-state index is 0.00500. The number of thioether (sulfide) groups is 1. The minimum Gasteiger partial charge on any atom is -0.357 e. The van der Waals surface area contributed by atoms with Gasteiger partial charge in [0.1, 0.15) is 6.04 Å². The Kier molecular flexibility index (Phi) is 11.0. The molecule has 2 aromatic rings. The maximum Gasteiger partial charge on any atom is 0.257 e. The Labute approximate surface area is 211 Å². The van der Waals surface area contributed by atoms with E-state index in [1.807, 2.05) is 74.5 Å². The predicted octanol–water partition coefficient (Wildman–Crippen LogP) is 3.23. The van der Waals surface area contributed by atoms with E-state index >= 15 is 0 Å². The predicted molar refractivity (Wildman–Crippen MR) is 140 cm³/mol. The average Bonchev–Trinajstić information content (AvgIpc) is 2.82. The van der Waals surface area contributed by atoms with Crippen molar-refractivity contribution >= 4 is 34.6 Å². The largest absolute Gasteiger partial charge is 0.357 e. The monoisotopic (exact) mass is 497 g/mol. The average molecular weight is 498 g/mol. The van der Waals surface area contributed by atoms with Gasteiger partial charge in [0, 0.05) is 26.8 Å². The van der Waals surface area contributed by atoms with Gasteiger partial charge in [-0.05, 0) is 29.9 Å². The number of rotatable bonds is 12. The summed E-state index contributed by atoms with van der Waals surface area (Å²) < 4.78 is 0. The number of amides is 3. The molecule has 0 heterocycles. The number of nitrogens with one attached hydrogen (secondary N) is 3. The highest BCUT2D eigenvalue weighted by Crippen LogP contribution is 2.31. The summed E-state index contributed by atoms with van der Waals surface area (Å²) in [4.78, 5) is 50.0. The molecule has 8 heteroatoms. The highest BCUT2D eigenvalue weighted by Gasteiger charge is 2.44. The summed E-state index contributed by atoms with van der Waals surface area (Å²) >= 11 is 0.786. The van der Waals surface area contributed by atoms with Gasteiger partial charge in [-0.25, -0.2) is 0 Å². The van der Waals surface area contributed by atoms with Gasteiger partial charge in [-0.2, -0.15) is 0 Å². The lowest BCUT2D eigenvalue weighted by molar-refractivity contribution is -0.133. The zero-order chi connectivity index (χ0) is 25.8. The number of benzene rings is 2. The molecule has 0 aliphatic rings. The Balaban J connectivity index is 2.28. The maximum atomic E-state index is 13.7. The molecule has 0 aromatic heterocycles. The molecule has 0 fully saturated rings. The summed E-state index contributed by atoms with van der Waals surface area (Å²) in [6.45, 7) is 5.20. The minimum atomic E-state index is -1.53. The first kappa shape index (κ1) is 28.1. The van der Waals surface area contributed by atoms with Crippen LogP contribution < -0.4 is 16.0 Å². The van der Waals surface area contributed by atoms with Crippen molar-refractivity contribution in [2.75, 3.05) is 7.05 Å². The fourth-order valence-electron chi connectivity index (χ4n) is 3.83. The second-order valence-electron chi connectivity index (χ2n) is 8.88. The molecule has 1 unspecified atom stereocenters. The molecule has 2 atom stereocenters. The van der Waals surface area contributed by atoms with Crippen LogP contribution in [0.4, 0.5) is 0 Å². The zero-order valence-corrected chi connectivity index (χ0v) is 21.6. The van der Waals surface area contributed by atoms with Crippen LogP contribution in [-0.4, -0.2) is 40.8 Å². The highest BCUT2D eigenvalue weighted by atomic mass is 32.2. The van der Waals surface area contributed by atoms with E-state index in [0.29, 0.717) is 6.42 Å². The van der Waals surface area contributed by atoms with E-state index in [-0.39, 0.29) is 42.1 Å². The Bertz CT molecular complexity index is 998. The quantitative estimate of drug-likeness (QED) is 0.391. The van der Waals surface area contributed by atoms with Crippen molar-refractivity contribution in [1.29, 1.82) is 0 Å². The Morgan fingerprint density at radius 3 is 2.00 bits per heavy atom. The number of carbonyl (C=O) groups excluding carboxylic acids is 4. The van der Waals surface area contributed by atoms with Gasteiger partial charge in [0.2, 0.25) is 11.8 Å². The van der Waals surface area contributed by atoms with Crippen molar-refractivity contribution < 1.29 is 19.2 Å². The maximum absolute atomic E-state index is 13.7. The first-order chi connectivity index (χ1) is 16.6. The van der Waals surface area contributed by atoms with Crippen LogP contribution in [-0.2, 0) is 32.0 Å². The van der Waals surface area contributed by atoms with Crippen molar-refractivity contribution in [1.82, 2.24) is 16.0 Å². The Hall–Kier alpha value is -3.13. The first-order valence-corrected chi connectivity index (χ1v) is 12.6. The third kappa shape index (κ3) is 9.20. The van der Waals surface area contributed by atoms with Gasteiger partial charge in [0.25, 0.3) is 5.91 Å². The molecule has 0 bridgehead atoms. The third-order valence-corrected chi connectivity index (χ3v) is 6.45. The highest BCUT2D eigenvalue weighted by molar-refractivity contribution is 8.15. The topological polar surface area (TPSA) is 104 Å². The molecular weight excluding hydrogens is 462 g/mol.